The van der Waals surface area contributed by atoms with Gasteiger partial charge in [0.15, 0.2) is 5.78 Å². The number of nitrogens with zero attached hydrogens (tertiary/aromatic N) is 1. The van der Waals surface area contributed by atoms with Crippen LogP contribution in [0.2, 0.25) is 0 Å². The van der Waals surface area contributed by atoms with Crippen LogP contribution in [0.5, 0.6) is 5.75 Å². The Bertz CT molecular complexity index is 819. The number of carbonyl (C=O) groups excluding carboxylic acids is 1. The second-order valence-electron chi connectivity index (χ2n) is 5.32. The number of nitro benzene ring substituents is 1. The predicted octanol–water partition coefficient (Wildman–Crippen LogP) is 3.54. The number of rotatable bonds is 5. The van der Waals surface area contributed by atoms with Gasteiger partial charge in [-0.2, -0.15) is 0 Å². The zero-order valence-corrected chi connectivity index (χ0v) is 13.7. The lowest BCUT2D eigenvalue weighted by atomic mass is 9.92. The number of benzene rings is 2. The molecule has 0 aromatic heterocycles. The number of methoxy groups -OCH3 is 1. The van der Waals surface area contributed by atoms with Gasteiger partial charge in [0.25, 0.3) is 5.69 Å². The van der Waals surface area contributed by atoms with E-state index >= 15 is 0 Å². The molecule has 0 bridgehead atoms. The maximum absolute atomic E-state index is 12.8. The Kier molecular flexibility index (Phi) is 4.99. The topological polar surface area (TPSA) is 95.5 Å². The highest BCUT2D eigenvalue weighted by Crippen LogP contribution is 2.32. The monoisotopic (exact) mass is 326 g/mol. The van der Waals surface area contributed by atoms with Crippen LogP contribution in [0.15, 0.2) is 48.2 Å². The van der Waals surface area contributed by atoms with Crippen LogP contribution in [0, 0.1) is 10.1 Å². The van der Waals surface area contributed by atoms with E-state index in [1.807, 2.05) is 0 Å². The molecule has 0 heterocycles. The van der Waals surface area contributed by atoms with Crippen molar-refractivity contribution in [2.24, 2.45) is 5.73 Å². The molecule has 0 aliphatic rings. The Morgan fingerprint density at radius 2 is 1.75 bits per heavy atom. The van der Waals surface area contributed by atoms with Crippen LogP contribution in [-0.4, -0.2) is 17.8 Å². The third kappa shape index (κ3) is 3.27. The molecule has 0 spiro atoms. The molecular weight excluding hydrogens is 308 g/mol. The van der Waals surface area contributed by atoms with Crippen LogP contribution < -0.4 is 10.5 Å². The normalized spacial score (nSPS) is 11.6. The fourth-order valence-corrected chi connectivity index (χ4v) is 2.37. The third-order valence-corrected chi connectivity index (χ3v) is 3.80. The number of allylic oxidation sites excluding steroid dienone is 2. The molecule has 0 aliphatic heterocycles. The summed E-state index contributed by atoms with van der Waals surface area (Å²) in [6, 6.07) is 11.0. The van der Waals surface area contributed by atoms with Crippen LogP contribution in [0.4, 0.5) is 5.69 Å². The fourth-order valence-electron chi connectivity index (χ4n) is 2.37. The molecular formula is C18H18N2O4. The molecule has 0 amide bonds. The first-order chi connectivity index (χ1) is 11.4. The maximum Gasteiger partial charge on any atom is 0.277 e. The molecule has 0 radical (unpaired) electrons. The SMILES string of the molecule is COc1ccc(C(=O)c2cccc([N+](=O)[O-])c2C(C)=C(C)N)cc1. The van der Waals surface area contributed by atoms with E-state index in [1.54, 1.807) is 44.2 Å². The van der Waals surface area contributed by atoms with Crippen LogP contribution in [-0.2, 0) is 0 Å². The fraction of sp³-hybridized carbons (Fsp3) is 0.167. The number of carbonyl (C=O) groups is 1. The molecule has 6 nitrogen and oxygen atoms in total. The second-order valence-corrected chi connectivity index (χ2v) is 5.32. The van der Waals surface area contributed by atoms with Gasteiger partial charge in [-0.05, 0) is 49.8 Å². The van der Waals surface area contributed by atoms with E-state index in [2.05, 4.69) is 0 Å². The maximum atomic E-state index is 12.8. The lowest BCUT2D eigenvalue weighted by Crippen LogP contribution is -2.09. The summed E-state index contributed by atoms with van der Waals surface area (Å²) in [5.41, 5.74) is 7.52. The second kappa shape index (κ2) is 6.95. The zero-order valence-electron chi connectivity index (χ0n) is 13.7. The van der Waals surface area contributed by atoms with Gasteiger partial charge in [0.05, 0.1) is 17.6 Å². The quantitative estimate of drug-likeness (QED) is 0.515. The van der Waals surface area contributed by atoms with Crippen molar-refractivity contribution in [2.75, 3.05) is 7.11 Å². The molecule has 24 heavy (non-hydrogen) atoms. The first kappa shape index (κ1) is 17.2. The Hall–Kier alpha value is -3.15. The van der Waals surface area contributed by atoms with Crippen LogP contribution in [0.3, 0.4) is 0 Å². The van der Waals surface area contributed by atoms with E-state index in [0.29, 0.717) is 22.6 Å². The minimum absolute atomic E-state index is 0.142. The molecule has 124 valence electrons. The summed E-state index contributed by atoms with van der Waals surface area (Å²) in [7, 11) is 1.54. The van der Waals surface area contributed by atoms with Gasteiger partial charge in [-0.15, -0.1) is 0 Å². The van der Waals surface area contributed by atoms with Crippen molar-refractivity contribution in [3.63, 3.8) is 0 Å². The summed E-state index contributed by atoms with van der Waals surface area (Å²) in [6.45, 7) is 3.32. The molecule has 0 fully saturated rings. The van der Waals surface area contributed by atoms with Crippen molar-refractivity contribution in [2.45, 2.75) is 13.8 Å². The first-order valence-corrected chi connectivity index (χ1v) is 7.26. The number of ketones is 1. The van der Waals surface area contributed by atoms with Gasteiger partial charge >= 0.3 is 0 Å². The molecule has 0 atom stereocenters. The highest BCUT2D eigenvalue weighted by Gasteiger charge is 2.24. The van der Waals surface area contributed by atoms with Crippen molar-refractivity contribution in [1.82, 2.24) is 0 Å². The lowest BCUT2D eigenvalue weighted by Gasteiger charge is -2.11. The van der Waals surface area contributed by atoms with Crippen molar-refractivity contribution in [3.8, 4) is 5.75 Å². The molecule has 2 N–H and O–H groups in total. The van der Waals surface area contributed by atoms with Crippen LogP contribution in [0.25, 0.3) is 5.57 Å². The number of hydrogen-bond donors (Lipinski definition) is 1. The minimum atomic E-state index is -0.507. The Morgan fingerprint density at radius 3 is 2.25 bits per heavy atom. The summed E-state index contributed by atoms with van der Waals surface area (Å²) in [4.78, 5) is 23.7. The Morgan fingerprint density at radius 1 is 1.12 bits per heavy atom. The largest absolute Gasteiger partial charge is 0.497 e. The van der Waals surface area contributed by atoms with Crippen molar-refractivity contribution < 1.29 is 14.5 Å². The third-order valence-electron chi connectivity index (χ3n) is 3.80. The van der Waals surface area contributed by atoms with Crippen LogP contribution >= 0.6 is 0 Å². The summed E-state index contributed by atoms with van der Waals surface area (Å²) in [6.07, 6.45) is 0. The van der Waals surface area contributed by atoms with Gasteiger partial charge in [0.1, 0.15) is 5.75 Å². The predicted molar refractivity (Wildman–Crippen MR) is 92.0 cm³/mol. The number of ether oxygens (including phenoxy) is 1. The van der Waals surface area contributed by atoms with Gasteiger partial charge < -0.3 is 10.5 Å². The molecule has 2 rings (SSSR count). The van der Waals surface area contributed by atoms with E-state index in [1.165, 1.54) is 19.2 Å². The molecule has 0 aliphatic carbocycles. The number of nitrogens with two attached hydrogens (primary N) is 1. The van der Waals surface area contributed by atoms with Gasteiger partial charge in [-0.1, -0.05) is 6.07 Å². The molecule has 2 aromatic carbocycles. The summed E-state index contributed by atoms with van der Waals surface area (Å²) >= 11 is 0. The molecule has 0 unspecified atom stereocenters. The number of nitro groups is 1. The van der Waals surface area contributed by atoms with Crippen molar-refractivity contribution >= 4 is 17.0 Å². The van der Waals surface area contributed by atoms with E-state index in [0.717, 1.165) is 0 Å². The summed E-state index contributed by atoms with van der Waals surface area (Å²) in [5.74, 6) is 0.316. The lowest BCUT2D eigenvalue weighted by molar-refractivity contribution is -0.385. The van der Waals surface area contributed by atoms with E-state index in [-0.39, 0.29) is 22.6 Å². The standard InChI is InChI=1S/C18H18N2O4/c1-11(12(2)19)17-15(5-4-6-16(17)20(22)23)18(21)13-7-9-14(24-3)10-8-13/h4-10H,19H2,1-3H3. The van der Waals surface area contributed by atoms with Gasteiger partial charge in [0.2, 0.25) is 0 Å². The molecule has 2 aromatic rings. The van der Waals surface area contributed by atoms with Gasteiger partial charge in [0, 0.05) is 22.9 Å². The Balaban J connectivity index is 2.64. The average Bonchev–Trinajstić information content (AvgIpc) is 2.59. The minimum Gasteiger partial charge on any atom is -0.497 e. The highest BCUT2D eigenvalue weighted by molar-refractivity contribution is 6.12. The molecule has 0 saturated carbocycles. The van der Waals surface area contributed by atoms with Gasteiger partial charge in [-0.3, -0.25) is 14.9 Å². The average molecular weight is 326 g/mol. The molecule has 6 heteroatoms. The summed E-state index contributed by atoms with van der Waals surface area (Å²) < 4.78 is 5.07. The molecule has 0 saturated heterocycles. The van der Waals surface area contributed by atoms with E-state index in [9.17, 15) is 14.9 Å². The van der Waals surface area contributed by atoms with Gasteiger partial charge in [-0.25, -0.2) is 0 Å². The Labute approximate surface area is 139 Å². The zero-order chi connectivity index (χ0) is 17.9. The van der Waals surface area contributed by atoms with Crippen molar-refractivity contribution in [3.05, 3.63) is 75.0 Å². The highest BCUT2D eigenvalue weighted by atomic mass is 16.6. The van der Waals surface area contributed by atoms with Crippen LogP contribution in [0.1, 0.15) is 35.3 Å². The van der Waals surface area contributed by atoms with E-state index in [4.69, 9.17) is 10.5 Å². The number of hydrogen-bond acceptors (Lipinski definition) is 5. The van der Waals surface area contributed by atoms with E-state index < -0.39 is 4.92 Å². The first-order valence-electron chi connectivity index (χ1n) is 7.26. The smallest absolute Gasteiger partial charge is 0.277 e. The van der Waals surface area contributed by atoms with Crippen molar-refractivity contribution in [1.29, 1.82) is 0 Å². The summed E-state index contributed by atoms with van der Waals surface area (Å²) in [5, 5.41) is 11.4.